The molecule has 6 heteroatoms. The van der Waals surface area contributed by atoms with E-state index in [0.29, 0.717) is 11.4 Å². The number of benzene rings is 1. The molecule has 1 amide bonds. The summed E-state index contributed by atoms with van der Waals surface area (Å²) in [5, 5.41) is 9.98. The minimum absolute atomic E-state index is 0.0748. The maximum Gasteiger partial charge on any atom is 0.262 e. The van der Waals surface area contributed by atoms with Gasteiger partial charge in [0.1, 0.15) is 10.8 Å². The third-order valence-electron chi connectivity index (χ3n) is 3.18. The Hall–Kier alpha value is -2.18. The number of rotatable bonds is 2. The van der Waals surface area contributed by atoms with E-state index < -0.39 is 0 Å². The summed E-state index contributed by atoms with van der Waals surface area (Å²) in [5.41, 5.74) is 3.72. The van der Waals surface area contributed by atoms with Crippen LogP contribution < -0.4 is 10.1 Å². The monoisotopic (exact) mass is 314 g/mol. The van der Waals surface area contributed by atoms with Crippen molar-refractivity contribution in [1.82, 2.24) is 4.98 Å². The van der Waals surface area contributed by atoms with Crippen molar-refractivity contribution in [1.29, 1.82) is 0 Å². The second-order valence-electron chi connectivity index (χ2n) is 4.60. The van der Waals surface area contributed by atoms with Crippen molar-refractivity contribution < 1.29 is 9.53 Å². The van der Waals surface area contributed by atoms with Crippen LogP contribution in [0.4, 0.5) is 5.69 Å². The summed E-state index contributed by atoms with van der Waals surface area (Å²) in [6.45, 7) is 0.0748. The van der Waals surface area contributed by atoms with Crippen LogP contribution in [0.2, 0.25) is 0 Å². The van der Waals surface area contributed by atoms with Crippen molar-refractivity contribution in [2.75, 3.05) is 11.9 Å². The molecule has 0 saturated carbocycles. The molecule has 0 aliphatic carbocycles. The Morgan fingerprint density at radius 1 is 1.19 bits per heavy atom. The largest absolute Gasteiger partial charge is 0.482 e. The number of hydrogen-bond donors (Lipinski definition) is 1. The molecule has 3 aromatic rings. The molecule has 0 bridgehead atoms. The number of thiazole rings is 1. The molecule has 0 fully saturated rings. The molecule has 1 aromatic carbocycles. The van der Waals surface area contributed by atoms with Gasteiger partial charge in [-0.05, 0) is 29.6 Å². The molecule has 21 heavy (non-hydrogen) atoms. The van der Waals surface area contributed by atoms with Crippen molar-refractivity contribution in [3.8, 4) is 27.6 Å². The van der Waals surface area contributed by atoms with Crippen LogP contribution in [0.25, 0.3) is 21.8 Å². The summed E-state index contributed by atoms with van der Waals surface area (Å²) in [6.07, 6.45) is 0. The van der Waals surface area contributed by atoms with Gasteiger partial charge in [-0.3, -0.25) is 4.79 Å². The summed E-state index contributed by atoms with van der Waals surface area (Å²) in [5.74, 6) is 0.573. The molecule has 0 atom stereocenters. The Labute approximate surface area is 129 Å². The lowest BCUT2D eigenvalue weighted by Crippen LogP contribution is -2.25. The summed E-state index contributed by atoms with van der Waals surface area (Å²) in [6, 6.07) is 7.80. The number of hydrogen-bond acceptors (Lipinski definition) is 5. The molecule has 0 spiro atoms. The molecule has 1 aliphatic rings. The zero-order chi connectivity index (χ0) is 14.2. The summed E-state index contributed by atoms with van der Waals surface area (Å²) in [4.78, 5) is 16.0. The molecule has 4 nitrogen and oxygen atoms in total. The number of thiophene rings is 1. The minimum atomic E-state index is -0.128. The molecule has 2 aromatic heterocycles. The number of aromatic nitrogens is 1. The molecular weight excluding hydrogens is 304 g/mol. The fourth-order valence-electron chi connectivity index (χ4n) is 2.17. The molecule has 104 valence electrons. The van der Waals surface area contributed by atoms with Gasteiger partial charge < -0.3 is 10.1 Å². The van der Waals surface area contributed by atoms with Gasteiger partial charge in [0, 0.05) is 21.9 Å². The van der Waals surface area contributed by atoms with Crippen LogP contribution in [-0.2, 0) is 4.79 Å². The van der Waals surface area contributed by atoms with E-state index in [9.17, 15) is 4.79 Å². The number of fused-ring (bicyclic) bond motifs is 1. The van der Waals surface area contributed by atoms with Crippen LogP contribution in [0, 0.1) is 0 Å². The van der Waals surface area contributed by atoms with E-state index in [2.05, 4.69) is 21.7 Å². The zero-order valence-electron chi connectivity index (χ0n) is 10.8. The normalized spacial score (nSPS) is 13.4. The van der Waals surface area contributed by atoms with Crippen molar-refractivity contribution in [2.24, 2.45) is 0 Å². The molecular formula is C15H10N2O2S2. The van der Waals surface area contributed by atoms with Gasteiger partial charge in [0.25, 0.3) is 5.91 Å². The van der Waals surface area contributed by atoms with Gasteiger partial charge in [-0.1, -0.05) is 0 Å². The highest BCUT2D eigenvalue weighted by Gasteiger charge is 2.17. The first-order chi connectivity index (χ1) is 10.3. The number of nitrogens with zero attached hydrogens (tertiary/aromatic N) is 1. The van der Waals surface area contributed by atoms with E-state index in [0.717, 1.165) is 21.8 Å². The highest BCUT2D eigenvalue weighted by atomic mass is 32.1. The maximum atomic E-state index is 11.4. The minimum Gasteiger partial charge on any atom is -0.482 e. The molecule has 3 heterocycles. The van der Waals surface area contributed by atoms with Crippen LogP contribution in [0.15, 0.2) is 40.4 Å². The highest BCUT2D eigenvalue weighted by molar-refractivity contribution is 7.14. The zero-order valence-corrected chi connectivity index (χ0v) is 12.5. The van der Waals surface area contributed by atoms with Gasteiger partial charge in [0.2, 0.25) is 0 Å². The van der Waals surface area contributed by atoms with Gasteiger partial charge in [0.15, 0.2) is 6.61 Å². The standard InChI is InChI=1S/C15H10N2O2S2/c18-14-6-19-13-2-1-9(5-11(13)16-14)12-8-21-15(17-12)10-3-4-20-7-10/h1-5,7-8H,6H2,(H,16,18). The van der Waals surface area contributed by atoms with Crippen molar-refractivity contribution in [2.45, 2.75) is 0 Å². The van der Waals surface area contributed by atoms with Gasteiger partial charge in [-0.2, -0.15) is 11.3 Å². The fraction of sp³-hybridized carbons (Fsp3) is 0.0667. The molecule has 4 rings (SSSR count). The first kappa shape index (κ1) is 12.6. The maximum absolute atomic E-state index is 11.4. The number of carbonyl (C=O) groups is 1. The Morgan fingerprint density at radius 3 is 3.00 bits per heavy atom. The average molecular weight is 314 g/mol. The first-order valence-corrected chi connectivity index (χ1v) is 8.17. The second-order valence-corrected chi connectivity index (χ2v) is 6.24. The van der Waals surface area contributed by atoms with E-state index in [1.54, 1.807) is 22.7 Å². The van der Waals surface area contributed by atoms with Crippen molar-refractivity contribution in [3.63, 3.8) is 0 Å². The molecule has 0 unspecified atom stereocenters. The fourth-order valence-corrected chi connectivity index (χ4v) is 3.71. The van der Waals surface area contributed by atoms with E-state index in [4.69, 9.17) is 4.74 Å². The van der Waals surface area contributed by atoms with Gasteiger partial charge in [-0.15, -0.1) is 11.3 Å². The molecule has 0 radical (unpaired) electrons. The second kappa shape index (κ2) is 4.98. The Balaban J connectivity index is 1.71. The predicted molar refractivity (Wildman–Crippen MR) is 85.0 cm³/mol. The number of nitrogens with one attached hydrogen (secondary N) is 1. The quantitative estimate of drug-likeness (QED) is 0.781. The highest BCUT2D eigenvalue weighted by Crippen LogP contribution is 2.35. The van der Waals surface area contributed by atoms with Gasteiger partial charge in [-0.25, -0.2) is 4.98 Å². The van der Waals surface area contributed by atoms with Crippen molar-refractivity contribution >= 4 is 34.3 Å². The van der Waals surface area contributed by atoms with E-state index >= 15 is 0 Å². The van der Waals surface area contributed by atoms with E-state index in [-0.39, 0.29) is 12.5 Å². The van der Waals surface area contributed by atoms with Crippen molar-refractivity contribution in [3.05, 3.63) is 40.4 Å². The number of carbonyl (C=O) groups excluding carboxylic acids is 1. The van der Waals surface area contributed by atoms with Gasteiger partial charge >= 0.3 is 0 Å². The average Bonchev–Trinajstić information content (AvgIpc) is 3.17. The molecule has 1 N–H and O–H groups in total. The van der Waals surface area contributed by atoms with Crippen LogP contribution in [0.3, 0.4) is 0 Å². The lowest BCUT2D eigenvalue weighted by atomic mass is 10.1. The lowest BCUT2D eigenvalue weighted by Gasteiger charge is -2.18. The topological polar surface area (TPSA) is 51.2 Å². The van der Waals surface area contributed by atoms with Crippen LogP contribution in [-0.4, -0.2) is 17.5 Å². The number of amides is 1. The summed E-state index contributed by atoms with van der Waals surface area (Å²) in [7, 11) is 0. The number of ether oxygens (including phenoxy) is 1. The summed E-state index contributed by atoms with van der Waals surface area (Å²) >= 11 is 3.28. The smallest absolute Gasteiger partial charge is 0.262 e. The van der Waals surface area contributed by atoms with E-state index in [1.165, 1.54) is 0 Å². The SMILES string of the molecule is O=C1COc2ccc(-c3csc(-c4ccsc4)n3)cc2N1. The van der Waals surface area contributed by atoms with Crippen LogP contribution in [0.5, 0.6) is 5.75 Å². The predicted octanol–water partition coefficient (Wildman–Crippen LogP) is 3.87. The third kappa shape index (κ3) is 2.32. The Kier molecular flexibility index (Phi) is 2.98. The Bertz CT molecular complexity index is 809. The van der Waals surface area contributed by atoms with Crippen LogP contribution >= 0.6 is 22.7 Å². The van der Waals surface area contributed by atoms with Crippen LogP contribution in [0.1, 0.15) is 0 Å². The Morgan fingerprint density at radius 2 is 2.14 bits per heavy atom. The molecule has 0 saturated heterocycles. The lowest BCUT2D eigenvalue weighted by molar-refractivity contribution is -0.118. The van der Waals surface area contributed by atoms with E-state index in [1.807, 2.05) is 29.0 Å². The number of anilines is 1. The third-order valence-corrected chi connectivity index (χ3v) is 4.76. The first-order valence-electron chi connectivity index (χ1n) is 6.35. The molecule has 1 aliphatic heterocycles. The van der Waals surface area contributed by atoms with Gasteiger partial charge in [0.05, 0.1) is 11.4 Å². The summed E-state index contributed by atoms with van der Waals surface area (Å²) < 4.78 is 5.36.